The van der Waals surface area contributed by atoms with Crippen molar-refractivity contribution in [1.29, 1.82) is 0 Å². The summed E-state index contributed by atoms with van der Waals surface area (Å²) in [4.78, 5) is 30.5. The Morgan fingerprint density at radius 3 is 2.33 bits per heavy atom. The van der Waals surface area contributed by atoms with Crippen molar-refractivity contribution in [3.63, 3.8) is 0 Å². The summed E-state index contributed by atoms with van der Waals surface area (Å²) in [6, 6.07) is 7.22. The molecule has 0 saturated heterocycles. The molecule has 0 unspecified atom stereocenters. The van der Waals surface area contributed by atoms with Crippen LogP contribution in [-0.4, -0.2) is 40.8 Å². The fourth-order valence-corrected chi connectivity index (χ4v) is 1.31. The number of ether oxygens (including phenoxy) is 1. The third-order valence-corrected chi connectivity index (χ3v) is 2.28. The summed E-state index contributed by atoms with van der Waals surface area (Å²) >= 11 is 0. The lowest BCUT2D eigenvalue weighted by Crippen LogP contribution is -2.51. The molecule has 0 saturated carbocycles. The van der Waals surface area contributed by atoms with E-state index in [-0.39, 0.29) is 13.1 Å². The Bertz CT molecular complexity index is 449. The fraction of sp³-hybridized carbons (Fsp3) is 0.308. The second kappa shape index (κ2) is 10.2. The molecule has 116 valence electrons. The van der Waals surface area contributed by atoms with Gasteiger partial charge in [-0.3, -0.25) is 4.79 Å². The molecule has 2 atom stereocenters. The van der Waals surface area contributed by atoms with Crippen molar-refractivity contribution in [3.05, 3.63) is 35.9 Å². The van der Waals surface area contributed by atoms with Gasteiger partial charge in [0.15, 0.2) is 0 Å². The molecule has 0 radical (unpaired) electrons. The van der Waals surface area contributed by atoms with Crippen LogP contribution in [0.5, 0.6) is 0 Å². The van der Waals surface area contributed by atoms with Gasteiger partial charge in [-0.2, -0.15) is 0 Å². The third kappa shape index (κ3) is 8.22. The SMILES string of the molecule is C[C@@H](N)[C@H](NC(=O)OCc1ccccc1)C(=O)O.O=CO. The molecule has 0 spiro atoms. The van der Waals surface area contributed by atoms with Gasteiger partial charge >= 0.3 is 12.1 Å². The highest BCUT2D eigenvalue weighted by Gasteiger charge is 2.24. The standard InChI is InChI=1S/C12H16N2O4.CH2O2/c1-8(13)10(11(15)16)14-12(17)18-7-9-5-3-2-4-6-9;2-1-3/h2-6,8,10H,7,13H2,1H3,(H,14,17)(H,15,16);1H,(H,2,3)/t8-,10+;/m1./s1. The molecule has 0 fully saturated rings. The summed E-state index contributed by atoms with van der Waals surface area (Å²) < 4.78 is 4.89. The lowest BCUT2D eigenvalue weighted by molar-refractivity contribution is -0.139. The van der Waals surface area contributed by atoms with Crippen molar-refractivity contribution < 1.29 is 29.3 Å². The van der Waals surface area contributed by atoms with Crippen LogP contribution >= 0.6 is 0 Å². The first-order chi connectivity index (χ1) is 9.92. The number of carboxylic acid groups (broad SMARTS) is 2. The molecule has 0 aliphatic rings. The number of amides is 1. The number of hydrogen-bond donors (Lipinski definition) is 4. The molecule has 0 aliphatic carbocycles. The van der Waals surface area contributed by atoms with Gasteiger partial charge in [-0.05, 0) is 12.5 Å². The topological polar surface area (TPSA) is 139 Å². The molecule has 1 amide bonds. The zero-order valence-corrected chi connectivity index (χ0v) is 11.4. The van der Waals surface area contributed by atoms with Gasteiger partial charge in [-0.1, -0.05) is 30.3 Å². The number of aliphatic carboxylic acids is 1. The minimum Gasteiger partial charge on any atom is -0.483 e. The van der Waals surface area contributed by atoms with E-state index in [0.29, 0.717) is 0 Å². The van der Waals surface area contributed by atoms with Crippen molar-refractivity contribution in [2.45, 2.75) is 25.6 Å². The van der Waals surface area contributed by atoms with E-state index in [1.165, 1.54) is 6.92 Å². The first-order valence-electron chi connectivity index (χ1n) is 5.95. The number of rotatable bonds is 5. The Morgan fingerprint density at radius 2 is 1.90 bits per heavy atom. The van der Waals surface area contributed by atoms with E-state index in [2.05, 4.69) is 5.32 Å². The van der Waals surface area contributed by atoms with Crippen LogP contribution in [0.1, 0.15) is 12.5 Å². The van der Waals surface area contributed by atoms with Gasteiger partial charge < -0.3 is 26.0 Å². The Kier molecular flexibility index (Phi) is 8.94. The van der Waals surface area contributed by atoms with Crippen LogP contribution < -0.4 is 11.1 Å². The lowest BCUT2D eigenvalue weighted by Gasteiger charge is -2.17. The average molecular weight is 298 g/mol. The number of carboxylic acids is 1. The molecular formula is C13H18N2O6. The zero-order chi connectivity index (χ0) is 16.3. The highest BCUT2D eigenvalue weighted by atomic mass is 16.5. The molecule has 1 aromatic carbocycles. The van der Waals surface area contributed by atoms with Crippen LogP contribution in [0.25, 0.3) is 0 Å². The molecule has 0 aromatic heterocycles. The molecule has 5 N–H and O–H groups in total. The Labute approximate surface area is 121 Å². The first kappa shape index (κ1) is 18.4. The van der Waals surface area contributed by atoms with E-state index in [4.69, 9.17) is 25.5 Å². The van der Waals surface area contributed by atoms with Crippen molar-refractivity contribution >= 4 is 18.5 Å². The quantitative estimate of drug-likeness (QED) is 0.577. The van der Waals surface area contributed by atoms with Gasteiger partial charge in [0, 0.05) is 6.04 Å². The highest BCUT2D eigenvalue weighted by molar-refractivity contribution is 5.80. The zero-order valence-electron chi connectivity index (χ0n) is 11.4. The third-order valence-electron chi connectivity index (χ3n) is 2.28. The number of carbonyl (C=O) groups is 3. The largest absolute Gasteiger partial charge is 0.483 e. The summed E-state index contributed by atoms with van der Waals surface area (Å²) in [5.74, 6) is -1.19. The van der Waals surface area contributed by atoms with E-state index in [0.717, 1.165) is 5.56 Å². The number of benzene rings is 1. The first-order valence-corrected chi connectivity index (χ1v) is 5.95. The summed E-state index contributed by atoms with van der Waals surface area (Å²) in [6.07, 6.45) is -0.802. The minimum atomic E-state index is -1.19. The van der Waals surface area contributed by atoms with Gasteiger partial charge in [-0.25, -0.2) is 9.59 Å². The molecule has 8 nitrogen and oxygen atoms in total. The molecule has 0 aliphatic heterocycles. The maximum Gasteiger partial charge on any atom is 0.408 e. The fourth-order valence-electron chi connectivity index (χ4n) is 1.31. The second-order valence-corrected chi connectivity index (χ2v) is 3.99. The normalized spacial score (nSPS) is 12.1. The van der Waals surface area contributed by atoms with Crippen LogP contribution in [-0.2, 0) is 20.9 Å². The minimum absolute atomic E-state index is 0.0813. The number of nitrogens with two attached hydrogens (primary N) is 1. The Balaban J connectivity index is 0.00000122. The van der Waals surface area contributed by atoms with Gasteiger partial charge in [-0.15, -0.1) is 0 Å². The maximum absolute atomic E-state index is 11.4. The average Bonchev–Trinajstić information content (AvgIpc) is 2.44. The molecule has 0 heterocycles. The Morgan fingerprint density at radius 1 is 1.38 bits per heavy atom. The molecule has 1 rings (SSSR count). The number of hydrogen-bond acceptors (Lipinski definition) is 5. The number of nitrogens with one attached hydrogen (secondary N) is 1. The van der Waals surface area contributed by atoms with Crippen LogP contribution in [0.3, 0.4) is 0 Å². The van der Waals surface area contributed by atoms with Gasteiger partial charge in [0.05, 0.1) is 0 Å². The highest BCUT2D eigenvalue weighted by Crippen LogP contribution is 2.01. The predicted molar refractivity (Wildman–Crippen MR) is 73.5 cm³/mol. The summed E-state index contributed by atoms with van der Waals surface area (Å²) in [6.45, 7) is 1.33. The van der Waals surface area contributed by atoms with Crippen molar-refractivity contribution in [1.82, 2.24) is 5.32 Å². The van der Waals surface area contributed by atoms with Crippen LogP contribution in [0.15, 0.2) is 30.3 Å². The molecule has 21 heavy (non-hydrogen) atoms. The molecule has 8 heteroatoms. The van der Waals surface area contributed by atoms with E-state index in [1.54, 1.807) is 12.1 Å². The van der Waals surface area contributed by atoms with Crippen molar-refractivity contribution in [2.24, 2.45) is 5.73 Å². The van der Waals surface area contributed by atoms with Crippen LogP contribution in [0.2, 0.25) is 0 Å². The Hall–Kier alpha value is -2.61. The smallest absolute Gasteiger partial charge is 0.408 e. The van der Waals surface area contributed by atoms with E-state index >= 15 is 0 Å². The van der Waals surface area contributed by atoms with Crippen molar-refractivity contribution in [3.8, 4) is 0 Å². The van der Waals surface area contributed by atoms with Crippen LogP contribution in [0, 0.1) is 0 Å². The number of alkyl carbamates (subject to hydrolysis) is 1. The predicted octanol–water partition coefficient (Wildman–Crippen LogP) is 0.414. The van der Waals surface area contributed by atoms with Crippen molar-refractivity contribution in [2.75, 3.05) is 0 Å². The monoisotopic (exact) mass is 298 g/mol. The lowest BCUT2D eigenvalue weighted by atomic mass is 10.1. The molecule has 0 bridgehead atoms. The molecular weight excluding hydrogens is 280 g/mol. The van der Waals surface area contributed by atoms with Crippen LogP contribution in [0.4, 0.5) is 4.79 Å². The van der Waals surface area contributed by atoms with E-state index < -0.39 is 24.1 Å². The van der Waals surface area contributed by atoms with Gasteiger partial charge in [0.1, 0.15) is 12.6 Å². The second-order valence-electron chi connectivity index (χ2n) is 3.99. The van der Waals surface area contributed by atoms with Gasteiger partial charge in [0.2, 0.25) is 0 Å². The maximum atomic E-state index is 11.4. The summed E-state index contributed by atoms with van der Waals surface area (Å²) in [5.41, 5.74) is 6.26. The van der Waals surface area contributed by atoms with E-state index in [9.17, 15) is 9.59 Å². The molecule has 1 aromatic rings. The van der Waals surface area contributed by atoms with E-state index in [1.807, 2.05) is 18.2 Å². The van der Waals surface area contributed by atoms with Gasteiger partial charge in [0.25, 0.3) is 6.47 Å². The summed E-state index contributed by atoms with van der Waals surface area (Å²) in [5, 5.41) is 17.9. The summed E-state index contributed by atoms with van der Waals surface area (Å²) in [7, 11) is 0. The number of carbonyl (C=O) groups excluding carboxylic acids is 1.